The Morgan fingerprint density at radius 1 is 0.750 bits per heavy atom. The first-order valence-electron chi connectivity index (χ1n) is 13.9. The Balaban J connectivity index is 1.17. The number of carbonyl (C=O) groups excluding carboxylic acids is 1. The van der Waals surface area contributed by atoms with Crippen molar-refractivity contribution in [3.63, 3.8) is 0 Å². The van der Waals surface area contributed by atoms with Gasteiger partial charge < -0.3 is 28.4 Å². The highest BCUT2D eigenvalue weighted by atomic mass is 32.1. The van der Waals surface area contributed by atoms with Gasteiger partial charge in [-0.25, -0.2) is 4.98 Å². The van der Waals surface area contributed by atoms with Crippen molar-refractivity contribution >= 4 is 33.4 Å². The Kier molecular flexibility index (Phi) is 9.99. The van der Waals surface area contributed by atoms with Gasteiger partial charge in [0.05, 0.1) is 51.9 Å². The molecular formula is C35H33NO7S. The van der Waals surface area contributed by atoms with Crippen molar-refractivity contribution in [3.05, 3.63) is 96.1 Å². The molecule has 0 bridgehead atoms. The summed E-state index contributed by atoms with van der Waals surface area (Å²) in [6, 6.07) is 24.8. The monoisotopic (exact) mass is 611 g/mol. The number of allylic oxidation sites excluding steroid dienone is 1. The first kappa shape index (κ1) is 30.4. The molecule has 9 heteroatoms. The number of thiazole rings is 1. The predicted molar refractivity (Wildman–Crippen MR) is 173 cm³/mol. The van der Waals surface area contributed by atoms with Gasteiger partial charge in [0, 0.05) is 17.5 Å². The van der Waals surface area contributed by atoms with Gasteiger partial charge >= 0.3 is 0 Å². The van der Waals surface area contributed by atoms with E-state index in [-0.39, 0.29) is 5.78 Å². The summed E-state index contributed by atoms with van der Waals surface area (Å²) in [5.41, 5.74) is 3.21. The van der Waals surface area contributed by atoms with E-state index in [9.17, 15) is 4.79 Å². The molecule has 4 aromatic carbocycles. The molecule has 8 nitrogen and oxygen atoms in total. The number of fused-ring (bicyclic) bond motifs is 1. The van der Waals surface area contributed by atoms with Crippen LogP contribution in [-0.4, -0.2) is 52.4 Å². The summed E-state index contributed by atoms with van der Waals surface area (Å²) in [6.07, 6.45) is 3.87. The summed E-state index contributed by atoms with van der Waals surface area (Å²) in [7, 11) is 6.13. The van der Waals surface area contributed by atoms with E-state index >= 15 is 0 Å². The molecule has 0 aliphatic rings. The molecule has 0 radical (unpaired) electrons. The number of hydrogen-bond acceptors (Lipinski definition) is 9. The largest absolute Gasteiger partial charge is 0.493 e. The number of methoxy groups -OCH3 is 4. The molecule has 5 aromatic rings. The minimum atomic E-state index is -0.216. The number of ether oxygens (including phenoxy) is 6. The van der Waals surface area contributed by atoms with Crippen LogP contribution in [0, 0.1) is 0 Å². The molecule has 5 rings (SSSR count). The topological polar surface area (TPSA) is 85.3 Å². The van der Waals surface area contributed by atoms with Crippen LogP contribution in [0.4, 0.5) is 0 Å². The lowest BCUT2D eigenvalue weighted by Gasteiger charge is -2.13. The maximum atomic E-state index is 13.0. The predicted octanol–water partition coefficient (Wildman–Crippen LogP) is 7.74. The number of benzene rings is 4. The Morgan fingerprint density at radius 2 is 1.50 bits per heavy atom. The van der Waals surface area contributed by atoms with E-state index in [1.54, 1.807) is 36.7 Å². The molecule has 0 saturated heterocycles. The van der Waals surface area contributed by atoms with Gasteiger partial charge in [0.1, 0.15) is 10.8 Å². The summed E-state index contributed by atoms with van der Waals surface area (Å²) in [5, 5.41) is 0.964. The number of nitrogens with zero attached hydrogens (tertiary/aromatic N) is 1. The van der Waals surface area contributed by atoms with Gasteiger partial charge in [-0.05, 0) is 60.2 Å². The molecule has 0 atom stereocenters. The highest BCUT2D eigenvalue weighted by Crippen LogP contribution is 2.38. The molecule has 0 spiro atoms. The van der Waals surface area contributed by atoms with Crippen molar-refractivity contribution in [2.75, 3.05) is 41.7 Å². The number of aromatic nitrogens is 1. The maximum absolute atomic E-state index is 13.0. The number of para-hydroxylation sites is 1. The highest BCUT2D eigenvalue weighted by Gasteiger charge is 2.16. The fraction of sp³-hybridized carbons (Fsp3) is 0.200. The lowest BCUT2D eigenvalue weighted by Crippen LogP contribution is -2.06. The minimum Gasteiger partial charge on any atom is -0.493 e. The number of hydrogen-bond donors (Lipinski definition) is 0. The van der Waals surface area contributed by atoms with Crippen LogP contribution in [0.3, 0.4) is 0 Å². The zero-order valence-corrected chi connectivity index (χ0v) is 25.8. The first-order valence-corrected chi connectivity index (χ1v) is 14.8. The molecule has 0 N–H and O–H groups in total. The van der Waals surface area contributed by atoms with Crippen LogP contribution in [-0.2, 0) is 0 Å². The minimum absolute atomic E-state index is 0.216. The molecule has 1 aromatic heterocycles. The van der Waals surface area contributed by atoms with Gasteiger partial charge in [-0.1, -0.05) is 36.4 Å². The molecule has 0 aliphatic carbocycles. The standard InChI is InChI=1S/C35H33NO7S/c1-38-29-16-14-23(13-15-28(37)25-21-31(39-2)34(41-4)32(22-25)40-3)19-30(29)43-18-8-17-42-26-10-7-9-24(20-26)35-36-27-11-5-6-12-33(27)44-35/h5-7,9-16,19-22H,8,17-18H2,1-4H3/b15-13+. The van der Waals surface area contributed by atoms with Gasteiger partial charge in [-0.2, -0.15) is 0 Å². The van der Waals surface area contributed by atoms with Crippen LogP contribution in [0.15, 0.2) is 84.9 Å². The molecule has 0 saturated carbocycles. The van der Waals surface area contributed by atoms with E-state index in [1.165, 1.54) is 27.4 Å². The number of rotatable bonds is 14. The number of ketones is 1. The molecule has 0 unspecified atom stereocenters. The van der Waals surface area contributed by atoms with Crippen LogP contribution in [0.25, 0.3) is 26.9 Å². The van der Waals surface area contributed by atoms with E-state index in [2.05, 4.69) is 6.07 Å². The summed E-state index contributed by atoms with van der Waals surface area (Å²) in [6.45, 7) is 0.903. The van der Waals surface area contributed by atoms with Crippen molar-refractivity contribution in [2.45, 2.75) is 6.42 Å². The molecule has 0 aliphatic heterocycles. The third kappa shape index (κ3) is 7.12. The third-order valence-electron chi connectivity index (χ3n) is 6.75. The van der Waals surface area contributed by atoms with Crippen LogP contribution in [0.1, 0.15) is 22.3 Å². The zero-order chi connectivity index (χ0) is 30.9. The molecule has 44 heavy (non-hydrogen) atoms. The van der Waals surface area contributed by atoms with Crippen molar-refractivity contribution in [1.82, 2.24) is 4.98 Å². The van der Waals surface area contributed by atoms with Crippen molar-refractivity contribution < 1.29 is 33.2 Å². The van der Waals surface area contributed by atoms with Crippen LogP contribution < -0.4 is 28.4 Å². The smallest absolute Gasteiger partial charge is 0.203 e. The Hall–Kier alpha value is -5.02. The van der Waals surface area contributed by atoms with Crippen LogP contribution >= 0.6 is 11.3 Å². The van der Waals surface area contributed by atoms with Crippen molar-refractivity contribution in [1.29, 1.82) is 0 Å². The normalized spacial score (nSPS) is 11.0. The fourth-order valence-electron chi connectivity index (χ4n) is 4.55. The zero-order valence-electron chi connectivity index (χ0n) is 25.0. The van der Waals surface area contributed by atoms with Crippen molar-refractivity contribution in [2.24, 2.45) is 0 Å². The van der Waals surface area contributed by atoms with E-state index in [4.69, 9.17) is 33.4 Å². The summed E-state index contributed by atoms with van der Waals surface area (Å²) < 4.78 is 34.7. The highest BCUT2D eigenvalue weighted by molar-refractivity contribution is 7.21. The Labute approximate surface area is 260 Å². The van der Waals surface area contributed by atoms with Crippen LogP contribution in [0.5, 0.6) is 34.5 Å². The Morgan fingerprint density at radius 3 is 2.23 bits per heavy atom. The first-order chi connectivity index (χ1) is 21.5. The number of carbonyl (C=O) groups is 1. The summed E-state index contributed by atoms with van der Waals surface area (Å²) in [5.74, 6) is 2.99. The van der Waals surface area contributed by atoms with E-state index in [0.717, 1.165) is 32.1 Å². The lowest BCUT2D eigenvalue weighted by atomic mass is 10.1. The molecule has 0 fully saturated rings. The van der Waals surface area contributed by atoms with Gasteiger partial charge in [0.2, 0.25) is 5.75 Å². The average molecular weight is 612 g/mol. The third-order valence-corrected chi connectivity index (χ3v) is 7.84. The van der Waals surface area contributed by atoms with Gasteiger partial charge in [0.25, 0.3) is 0 Å². The van der Waals surface area contributed by atoms with E-state index in [0.29, 0.717) is 53.9 Å². The average Bonchev–Trinajstić information content (AvgIpc) is 3.51. The summed E-state index contributed by atoms with van der Waals surface area (Å²) >= 11 is 1.66. The summed E-state index contributed by atoms with van der Waals surface area (Å²) in [4.78, 5) is 17.7. The second-order valence-corrected chi connectivity index (χ2v) is 10.6. The Bertz CT molecular complexity index is 1720. The van der Waals surface area contributed by atoms with Gasteiger partial charge in [-0.3, -0.25) is 4.79 Å². The quantitative estimate of drug-likeness (QED) is 0.0716. The fourth-order valence-corrected chi connectivity index (χ4v) is 5.51. The lowest BCUT2D eigenvalue weighted by molar-refractivity contribution is 0.104. The van der Waals surface area contributed by atoms with Gasteiger partial charge in [-0.15, -0.1) is 11.3 Å². The maximum Gasteiger partial charge on any atom is 0.203 e. The SMILES string of the molecule is COc1ccc(/C=C/C(=O)c2cc(OC)c(OC)c(OC)c2)cc1OCCCOc1cccc(-c2nc3ccccc3s2)c1. The molecular weight excluding hydrogens is 578 g/mol. The molecule has 0 amide bonds. The second-order valence-electron chi connectivity index (χ2n) is 9.59. The molecule has 1 heterocycles. The van der Waals surface area contributed by atoms with Crippen molar-refractivity contribution in [3.8, 4) is 45.1 Å². The van der Waals surface area contributed by atoms with Gasteiger partial charge in [0.15, 0.2) is 28.8 Å². The van der Waals surface area contributed by atoms with E-state index < -0.39 is 0 Å². The molecule has 226 valence electrons. The van der Waals surface area contributed by atoms with E-state index in [1.807, 2.05) is 60.7 Å². The second kappa shape index (κ2) is 14.4. The van der Waals surface area contributed by atoms with Crippen LogP contribution in [0.2, 0.25) is 0 Å².